The van der Waals surface area contributed by atoms with Gasteiger partial charge in [0, 0.05) is 16.7 Å². The molecule has 0 radical (unpaired) electrons. The third-order valence-electron chi connectivity index (χ3n) is 3.55. The van der Waals surface area contributed by atoms with Gasteiger partial charge >= 0.3 is 5.97 Å². The van der Waals surface area contributed by atoms with Crippen LogP contribution in [0.5, 0.6) is 0 Å². The second-order valence-electron chi connectivity index (χ2n) is 6.59. The standard InChI is InChI=1S/C16H23BrN2O2/c1-16(2,3)21-15(20)11-4-7-13(8-5-11)19-14-9-6-12(17)10-18-14/h6,9-11,13H,4-5,7-8H2,1-3H3,(H,18,19)/t11-,13-. The molecule has 1 saturated carbocycles. The fourth-order valence-corrected chi connectivity index (χ4v) is 2.76. The molecule has 1 heterocycles. The van der Waals surface area contributed by atoms with Crippen molar-refractivity contribution in [2.24, 2.45) is 5.92 Å². The highest BCUT2D eigenvalue weighted by Crippen LogP contribution is 2.28. The van der Waals surface area contributed by atoms with Crippen LogP contribution in [-0.2, 0) is 9.53 Å². The number of hydrogen-bond acceptors (Lipinski definition) is 4. The lowest BCUT2D eigenvalue weighted by molar-refractivity contribution is -0.161. The van der Waals surface area contributed by atoms with Gasteiger partial charge in [0.25, 0.3) is 0 Å². The van der Waals surface area contributed by atoms with Gasteiger partial charge in [0.15, 0.2) is 0 Å². The zero-order valence-corrected chi connectivity index (χ0v) is 14.4. The number of nitrogens with zero attached hydrogens (tertiary/aromatic N) is 1. The molecule has 1 aromatic heterocycles. The van der Waals surface area contributed by atoms with Crippen LogP contribution in [-0.4, -0.2) is 22.6 Å². The van der Waals surface area contributed by atoms with Crippen LogP contribution in [0.25, 0.3) is 0 Å². The van der Waals surface area contributed by atoms with Crippen molar-refractivity contribution in [1.29, 1.82) is 0 Å². The molecule has 21 heavy (non-hydrogen) atoms. The molecule has 1 fully saturated rings. The second-order valence-corrected chi connectivity index (χ2v) is 7.50. The monoisotopic (exact) mass is 354 g/mol. The van der Waals surface area contributed by atoms with E-state index in [0.29, 0.717) is 6.04 Å². The van der Waals surface area contributed by atoms with Crippen LogP contribution in [0.1, 0.15) is 46.5 Å². The van der Waals surface area contributed by atoms with E-state index in [0.717, 1.165) is 36.0 Å². The van der Waals surface area contributed by atoms with Crippen molar-refractivity contribution in [2.45, 2.75) is 58.1 Å². The van der Waals surface area contributed by atoms with Crippen LogP contribution in [0.2, 0.25) is 0 Å². The molecule has 0 saturated heterocycles. The maximum Gasteiger partial charge on any atom is 0.309 e. The first kappa shape index (κ1) is 16.3. The number of carbonyl (C=O) groups is 1. The Labute approximate surface area is 134 Å². The van der Waals surface area contributed by atoms with Gasteiger partial charge in [0.05, 0.1) is 5.92 Å². The molecule has 4 nitrogen and oxygen atoms in total. The predicted molar refractivity (Wildman–Crippen MR) is 87.2 cm³/mol. The summed E-state index contributed by atoms with van der Waals surface area (Å²) >= 11 is 3.38. The number of pyridine rings is 1. The number of halogens is 1. The van der Waals surface area contributed by atoms with Crippen molar-refractivity contribution in [3.63, 3.8) is 0 Å². The van der Waals surface area contributed by atoms with E-state index in [1.54, 1.807) is 6.20 Å². The zero-order valence-electron chi connectivity index (χ0n) is 12.9. The summed E-state index contributed by atoms with van der Waals surface area (Å²) in [5.74, 6) is 0.877. The van der Waals surface area contributed by atoms with E-state index in [4.69, 9.17) is 4.74 Å². The highest BCUT2D eigenvalue weighted by Gasteiger charge is 2.29. The van der Waals surface area contributed by atoms with Gasteiger partial charge < -0.3 is 10.1 Å². The molecule has 0 atom stereocenters. The van der Waals surface area contributed by atoms with Crippen molar-refractivity contribution in [3.05, 3.63) is 22.8 Å². The van der Waals surface area contributed by atoms with Crippen LogP contribution in [0.15, 0.2) is 22.8 Å². The van der Waals surface area contributed by atoms with Gasteiger partial charge in [0.2, 0.25) is 0 Å². The lowest BCUT2D eigenvalue weighted by Crippen LogP contribution is -2.34. The SMILES string of the molecule is CC(C)(C)OC(=O)[C@H]1CC[C@H](Nc2ccc(Br)cn2)CC1. The summed E-state index contributed by atoms with van der Waals surface area (Å²) in [6.07, 6.45) is 5.49. The fraction of sp³-hybridized carbons (Fsp3) is 0.625. The quantitative estimate of drug-likeness (QED) is 0.828. The summed E-state index contributed by atoms with van der Waals surface area (Å²) in [5.41, 5.74) is -0.395. The third kappa shape index (κ3) is 5.30. The highest BCUT2D eigenvalue weighted by molar-refractivity contribution is 9.10. The molecular weight excluding hydrogens is 332 g/mol. The van der Waals surface area contributed by atoms with E-state index < -0.39 is 5.60 Å². The van der Waals surface area contributed by atoms with Crippen molar-refractivity contribution < 1.29 is 9.53 Å². The normalized spacial score (nSPS) is 22.7. The molecule has 1 aliphatic rings. The number of aromatic nitrogens is 1. The summed E-state index contributed by atoms with van der Waals surface area (Å²) in [4.78, 5) is 16.4. The molecule has 0 bridgehead atoms. The molecule has 2 rings (SSSR count). The fourth-order valence-electron chi connectivity index (χ4n) is 2.53. The minimum atomic E-state index is -0.395. The van der Waals surface area contributed by atoms with Crippen LogP contribution in [0.3, 0.4) is 0 Å². The number of ether oxygens (including phenoxy) is 1. The lowest BCUT2D eigenvalue weighted by atomic mass is 9.86. The van der Waals surface area contributed by atoms with Crippen molar-refractivity contribution in [1.82, 2.24) is 4.98 Å². The number of nitrogens with one attached hydrogen (secondary N) is 1. The van der Waals surface area contributed by atoms with Gasteiger partial charge in [-0.25, -0.2) is 4.98 Å². The van der Waals surface area contributed by atoms with Crippen LogP contribution < -0.4 is 5.32 Å². The van der Waals surface area contributed by atoms with Crippen molar-refractivity contribution in [2.75, 3.05) is 5.32 Å². The van der Waals surface area contributed by atoms with E-state index in [-0.39, 0.29) is 11.9 Å². The summed E-state index contributed by atoms with van der Waals surface area (Å²) in [5, 5.41) is 3.43. The average molecular weight is 355 g/mol. The van der Waals surface area contributed by atoms with Gasteiger partial charge in [-0.15, -0.1) is 0 Å². The summed E-state index contributed by atoms with van der Waals surface area (Å²) in [7, 11) is 0. The first-order valence-electron chi connectivity index (χ1n) is 7.44. The lowest BCUT2D eigenvalue weighted by Gasteiger charge is -2.30. The van der Waals surface area contributed by atoms with Gasteiger partial charge in [0.1, 0.15) is 11.4 Å². The van der Waals surface area contributed by atoms with Crippen LogP contribution >= 0.6 is 15.9 Å². The summed E-state index contributed by atoms with van der Waals surface area (Å²) in [6.45, 7) is 5.74. The van der Waals surface area contributed by atoms with Gasteiger partial charge in [-0.1, -0.05) is 0 Å². The van der Waals surface area contributed by atoms with Gasteiger partial charge in [-0.05, 0) is 74.5 Å². The maximum atomic E-state index is 12.1. The van der Waals surface area contributed by atoms with E-state index in [1.807, 2.05) is 32.9 Å². The van der Waals surface area contributed by atoms with Crippen molar-refractivity contribution in [3.8, 4) is 0 Å². The average Bonchev–Trinajstić information content (AvgIpc) is 2.40. The smallest absolute Gasteiger partial charge is 0.309 e. The summed E-state index contributed by atoms with van der Waals surface area (Å²) < 4.78 is 6.44. The van der Waals surface area contributed by atoms with Crippen LogP contribution in [0, 0.1) is 5.92 Å². The molecule has 1 N–H and O–H groups in total. The van der Waals surface area contributed by atoms with Gasteiger partial charge in [-0.2, -0.15) is 0 Å². The molecule has 0 unspecified atom stereocenters. The Balaban J connectivity index is 1.80. The topological polar surface area (TPSA) is 51.2 Å². The molecule has 1 aliphatic carbocycles. The van der Waals surface area contributed by atoms with E-state index in [9.17, 15) is 4.79 Å². The molecule has 116 valence electrons. The first-order valence-corrected chi connectivity index (χ1v) is 8.24. The van der Waals surface area contributed by atoms with E-state index >= 15 is 0 Å². The number of rotatable bonds is 3. The molecule has 0 spiro atoms. The minimum absolute atomic E-state index is 0.0418. The molecule has 1 aromatic rings. The van der Waals surface area contributed by atoms with Gasteiger partial charge in [-0.3, -0.25) is 4.79 Å². The highest BCUT2D eigenvalue weighted by atomic mass is 79.9. The minimum Gasteiger partial charge on any atom is -0.460 e. The Morgan fingerprint density at radius 1 is 1.29 bits per heavy atom. The number of carbonyl (C=O) groups excluding carboxylic acids is 1. The molecule has 5 heteroatoms. The Hall–Kier alpha value is -1.10. The second kappa shape index (κ2) is 6.77. The zero-order chi connectivity index (χ0) is 15.5. The molecule has 0 aliphatic heterocycles. The third-order valence-corrected chi connectivity index (χ3v) is 4.02. The predicted octanol–water partition coefficient (Wildman–Crippen LogP) is 4.16. The Morgan fingerprint density at radius 3 is 2.48 bits per heavy atom. The summed E-state index contributed by atoms with van der Waals surface area (Å²) in [6, 6.07) is 4.32. The number of hydrogen-bond donors (Lipinski definition) is 1. The Bertz CT molecular complexity index is 474. The molecule has 0 amide bonds. The molecule has 0 aromatic carbocycles. The van der Waals surface area contributed by atoms with Crippen molar-refractivity contribution >= 4 is 27.7 Å². The van der Waals surface area contributed by atoms with Crippen LogP contribution in [0.4, 0.5) is 5.82 Å². The molecular formula is C16H23BrN2O2. The number of esters is 1. The maximum absolute atomic E-state index is 12.1. The number of anilines is 1. The first-order chi connectivity index (χ1) is 9.83. The largest absolute Gasteiger partial charge is 0.460 e. The Morgan fingerprint density at radius 2 is 1.95 bits per heavy atom. The Kier molecular flexibility index (Phi) is 5.25. The van der Waals surface area contributed by atoms with E-state index in [1.165, 1.54) is 0 Å². The van der Waals surface area contributed by atoms with E-state index in [2.05, 4.69) is 26.2 Å².